The van der Waals surface area contributed by atoms with E-state index >= 15 is 0 Å². The Hall–Kier alpha value is -3.02. The third-order valence-corrected chi connectivity index (χ3v) is 4.93. The van der Waals surface area contributed by atoms with Crippen LogP contribution in [0.25, 0.3) is 6.08 Å². The van der Waals surface area contributed by atoms with Crippen molar-refractivity contribution in [3.63, 3.8) is 0 Å². The van der Waals surface area contributed by atoms with Crippen LogP contribution in [0.3, 0.4) is 0 Å². The summed E-state index contributed by atoms with van der Waals surface area (Å²) in [5.41, 5.74) is 6.48. The first-order valence-corrected chi connectivity index (χ1v) is 9.15. The molecule has 1 aromatic heterocycles. The summed E-state index contributed by atoms with van der Waals surface area (Å²) < 4.78 is 0. The van der Waals surface area contributed by atoms with E-state index in [-0.39, 0.29) is 5.91 Å². The van der Waals surface area contributed by atoms with E-state index in [1.165, 1.54) is 16.7 Å². The SMILES string of the molecule is CC(C)=Cc1ccc2c(c1)C(c1cc(N3CCN(C)C(=O)C3)ncn1)=NC2. The molecule has 138 valence electrons. The fraction of sp³-hybridized carbons (Fsp3) is 0.333. The molecule has 0 N–H and O–H groups in total. The van der Waals surface area contributed by atoms with Crippen LogP contribution in [0.1, 0.15) is 36.2 Å². The molecule has 0 saturated carbocycles. The highest BCUT2D eigenvalue weighted by Crippen LogP contribution is 2.25. The van der Waals surface area contributed by atoms with E-state index in [0.717, 1.165) is 29.3 Å². The van der Waals surface area contributed by atoms with Crippen LogP contribution >= 0.6 is 0 Å². The van der Waals surface area contributed by atoms with Crippen LogP contribution in [0.15, 0.2) is 41.2 Å². The first-order chi connectivity index (χ1) is 13.0. The van der Waals surface area contributed by atoms with E-state index in [9.17, 15) is 4.79 Å². The molecule has 1 aromatic carbocycles. The van der Waals surface area contributed by atoms with Crippen LogP contribution in [0.2, 0.25) is 0 Å². The van der Waals surface area contributed by atoms with Crippen LogP contribution in [0.5, 0.6) is 0 Å². The van der Waals surface area contributed by atoms with Gasteiger partial charge in [-0.15, -0.1) is 0 Å². The molecule has 0 aliphatic carbocycles. The predicted molar refractivity (Wildman–Crippen MR) is 107 cm³/mol. The molecule has 1 amide bonds. The fourth-order valence-corrected chi connectivity index (χ4v) is 3.45. The van der Waals surface area contributed by atoms with E-state index in [0.29, 0.717) is 19.6 Å². The van der Waals surface area contributed by atoms with Gasteiger partial charge in [0, 0.05) is 31.8 Å². The molecule has 4 rings (SSSR count). The van der Waals surface area contributed by atoms with Crippen molar-refractivity contribution >= 4 is 23.5 Å². The van der Waals surface area contributed by atoms with Crippen molar-refractivity contribution < 1.29 is 4.79 Å². The number of amides is 1. The summed E-state index contributed by atoms with van der Waals surface area (Å²) in [6.07, 6.45) is 3.73. The van der Waals surface area contributed by atoms with Gasteiger partial charge >= 0.3 is 0 Å². The van der Waals surface area contributed by atoms with Crippen molar-refractivity contribution in [2.24, 2.45) is 4.99 Å². The van der Waals surface area contributed by atoms with Gasteiger partial charge in [0.2, 0.25) is 5.91 Å². The van der Waals surface area contributed by atoms with Gasteiger partial charge in [0.25, 0.3) is 0 Å². The maximum absolute atomic E-state index is 12.0. The number of anilines is 1. The van der Waals surface area contributed by atoms with E-state index < -0.39 is 0 Å². The number of rotatable bonds is 3. The number of likely N-dealkylation sites (N-methyl/N-ethyl adjacent to an activating group) is 1. The van der Waals surface area contributed by atoms with Crippen LogP contribution in [-0.4, -0.2) is 53.2 Å². The first kappa shape index (κ1) is 17.4. The number of piperazine rings is 1. The Balaban J connectivity index is 1.65. The maximum Gasteiger partial charge on any atom is 0.241 e. The molecular formula is C21H23N5O. The van der Waals surface area contributed by atoms with Gasteiger partial charge in [-0.1, -0.05) is 23.8 Å². The zero-order chi connectivity index (χ0) is 19.0. The zero-order valence-electron chi connectivity index (χ0n) is 15.9. The smallest absolute Gasteiger partial charge is 0.241 e. The minimum Gasteiger partial charge on any atom is -0.345 e. The van der Waals surface area contributed by atoms with Crippen LogP contribution in [-0.2, 0) is 11.3 Å². The van der Waals surface area contributed by atoms with Gasteiger partial charge in [-0.2, -0.15) is 0 Å². The Morgan fingerprint density at radius 2 is 2.00 bits per heavy atom. The molecule has 0 atom stereocenters. The molecular weight excluding hydrogens is 338 g/mol. The number of nitrogens with zero attached hydrogens (tertiary/aromatic N) is 5. The van der Waals surface area contributed by atoms with Gasteiger partial charge in [-0.05, 0) is 31.0 Å². The van der Waals surface area contributed by atoms with Gasteiger partial charge in [0.1, 0.15) is 12.1 Å². The largest absolute Gasteiger partial charge is 0.345 e. The second kappa shape index (κ2) is 6.95. The lowest BCUT2D eigenvalue weighted by Crippen LogP contribution is -2.48. The Labute approximate surface area is 159 Å². The standard InChI is InChI=1S/C21H23N5O/c1-14(2)8-15-4-5-16-11-22-21(17(16)9-15)18-10-19(24-13-23-18)26-7-6-25(3)20(27)12-26/h4-5,8-10,13H,6-7,11-12H2,1-3H3. The van der Waals surface area contributed by atoms with Crippen molar-refractivity contribution in [2.75, 3.05) is 31.6 Å². The lowest BCUT2D eigenvalue weighted by atomic mass is 9.99. The third kappa shape index (κ3) is 3.47. The third-order valence-electron chi connectivity index (χ3n) is 4.93. The molecule has 1 fully saturated rings. The first-order valence-electron chi connectivity index (χ1n) is 9.15. The van der Waals surface area contributed by atoms with Crippen molar-refractivity contribution in [3.8, 4) is 0 Å². The highest BCUT2D eigenvalue weighted by molar-refractivity contribution is 6.14. The summed E-state index contributed by atoms with van der Waals surface area (Å²) in [7, 11) is 1.83. The van der Waals surface area contributed by atoms with Crippen LogP contribution < -0.4 is 4.90 Å². The lowest BCUT2D eigenvalue weighted by Gasteiger charge is -2.32. The average Bonchev–Trinajstić information content (AvgIpc) is 3.07. The number of carbonyl (C=O) groups is 1. The van der Waals surface area contributed by atoms with E-state index in [1.54, 1.807) is 11.2 Å². The Morgan fingerprint density at radius 3 is 2.78 bits per heavy atom. The summed E-state index contributed by atoms with van der Waals surface area (Å²) in [5.74, 6) is 0.884. The normalized spacial score (nSPS) is 16.3. The molecule has 1 saturated heterocycles. The summed E-state index contributed by atoms with van der Waals surface area (Å²) in [6.45, 7) is 6.68. The minimum atomic E-state index is 0.108. The number of carbonyl (C=O) groups excluding carboxylic acids is 1. The molecule has 27 heavy (non-hydrogen) atoms. The average molecular weight is 361 g/mol. The van der Waals surface area contributed by atoms with Gasteiger partial charge < -0.3 is 9.80 Å². The molecule has 2 aliphatic heterocycles. The number of benzene rings is 1. The van der Waals surface area contributed by atoms with Crippen LogP contribution in [0.4, 0.5) is 5.82 Å². The molecule has 3 heterocycles. The number of aliphatic imine (C=N–C) groups is 1. The Bertz CT molecular complexity index is 959. The number of aromatic nitrogens is 2. The second-order valence-electron chi connectivity index (χ2n) is 7.30. The van der Waals surface area contributed by atoms with E-state index in [2.05, 4.69) is 48.1 Å². The summed E-state index contributed by atoms with van der Waals surface area (Å²) in [6, 6.07) is 8.39. The molecule has 0 radical (unpaired) electrons. The number of allylic oxidation sites excluding steroid dienone is 1. The van der Waals surface area contributed by atoms with Gasteiger partial charge in [-0.25, -0.2) is 9.97 Å². The quantitative estimate of drug-likeness (QED) is 0.843. The Kier molecular flexibility index (Phi) is 4.48. The van der Waals surface area contributed by atoms with Gasteiger partial charge in [-0.3, -0.25) is 9.79 Å². The van der Waals surface area contributed by atoms with E-state index in [1.807, 2.05) is 18.0 Å². The molecule has 2 aromatic rings. The van der Waals surface area contributed by atoms with Gasteiger partial charge in [0.05, 0.1) is 24.5 Å². The minimum absolute atomic E-state index is 0.108. The Morgan fingerprint density at radius 1 is 1.15 bits per heavy atom. The summed E-state index contributed by atoms with van der Waals surface area (Å²) in [4.78, 5) is 29.3. The second-order valence-corrected chi connectivity index (χ2v) is 7.30. The summed E-state index contributed by atoms with van der Waals surface area (Å²) >= 11 is 0. The van der Waals surface area contributed by atoms with Gasteiger partial charge in [0.15, 0.2) is 0 Å². The topological polar surface area (TPSA) is 61.7 Å². The van der Waals surface area contributed by atoms with Crippen molar-refractivity contribution in [3.05, 3.63) is 58.6 Å². The highest BCUT2D eigenvalue weighted by atomic mass is 16.2. The zero-order valence-corrected chi connectivity index (χ0v) is 15.9. The number of hydrogen-bond donors (Lipinski definition) is 0. The number of hydrogen-bond acceptors (Lipinski definition) is 5. The fourth-order valence-electron chi connectivity index (χ4n) is 3.45. The summed E-state index contributed by atoms with van der Waals surface area (Å²) in [5, 5.41) is 0. The van der Waals surface area contributed by atoms with Crippen LogP contribution in [0, 0.1) is 0 Å². The maximum atomic E-state index is 12.0. The molecule has 6 nitrogen and oxygen atoms in total. The van der Waals surface area contributed by atoms with Crippen molar-refractivity contribution in [1.82, 2.24) is 14.9 Å². The van der Waals surface area contributed by atoms with Crippen molar-refractivity contribution in [1.29, 1.82) is 0 Å². The van der Waals surface area contributed by atoms with E-state index in [4.69, 9.17) is 4.99 Å². The van der Waals surface area contributed by atoms with Crippen molar-refractivity contribution in [2.45, 2.75) is 20.4 Å². The molecule has 6 heteroatoms. The molecule has 0 spiro atoms. The predicted octanol–water partition coefficient (Wildman–Crippen LogP) is 2.53. The molecule has 0 bridgehead atoms. The molecule has 0 unspecified atom stereocenters. The monoisotopic (exact) mass is 361 g/mol. The molecule has 2 aliphatic rings. The number of fused-ring (bicyclic) bond motifs is 1. The lowest BCUT2D eigenvalue weighted by molar-refractivity contribution is -0.129. The highest BCUT2D eigenvalue weighted by Gasteiger charge is 2.24.